The van der Waals surface area contributed by atoms with Crippen LogP contribution in [0.3, 0.4) is 0 Å². The molecule has 1 heterocycles. The summed E-state index contributed by atoms with van der Waals surface area (Å²) in [7, 11) is 0. The molecule has 0 bridgehead atoms. The van der Waals surface area contributed by atoms with Crippen molar-refractivity contribution in [2.75, 3.05) is 26.2 Å². The number of piperazine rings is 1. The Kier molecular flexibility index (Phi) is 5.20. The summed E-state index contributed by atoms with van der Waals surface area (Å²) in [6, 6.07) is 5.06. The third kappa shape index (κ3) is 3.47. The smallest absolute Gasteiger partial charge is 0.124 e. The van der Waals surface area contributed by atoms with Gasteiger partial charge >= 0.3 is 0 Å². The van der Waals surface area contributed by atoms with Crippen LogP contribution in [0.2, 0.25) is 5.02 Å². The van der Waals surface area contributed by atoms with E-state index in [1.54, 1.807) is 0 Å². The molecule has 1 saturated heterocycles. The van der Waals surface area contributed by atoms with Gasteiger partial charge < -0.3 is 5.32 Å². The minimum atomic E-state index is -0.267. The highest BCUT2D eigenvalue weighted by Gasteiger charge is 2.28. The fourth-order valence-corrected chi connectivity index (χ4v) is 3.07. The molecule has 2 atom stereocenters. The Morgan fingerprint density at radius 3 is 2.63 bits per heavy atom. The monoisotopic (exact) mass is 284 g/mol. The Labute approximate surface area is 119 Å². The first kappa shape index (κ1) is 14.8. The summed E-state index contributed by atoms with van der Waals surface area (Å²) in [6.07, 6.45) is 1.09. The van der Waals surface area contributed by atoms with Crippen LogP contribution in [0.15, 0.2) is 18.2 Å². The quantitative estimate of drug-likeness (QED) is 0.911. The third-order valence-corrected chi connectivity index (χ3v) is 4.34. The van der Waals surface area contributed by atoms with Crippen molar-refractivity contribution in [3.8, 4) is 0 Å². The van der Waals surface area contributed by atoms with Crippen LogP contribution < -0.4 is 5.32 Å². The van der Waals surface area contributed by atoms with Crippen LogP contribution in [-0.2, 0) is 0 Å². The lowest BCUT2D eigenvalue weighted by molar-refractivity contribution is 0.128. The van der Waals surface area contributed by atoms with Gasteiger partial charge in [-0.15, -0.1) is 0 Å². The van der Waals surface area contributed by atoms with E-state index in [1.807, 2.05) is 6.07 Å². The van der Waals surface area contributed by atoms with Gasteiger partial charge in [0.15, 0.2) is 0 Å². The normalized spacial score (nSPS) is 20.2. The molecule has 106 valence electrons. The minimum Gasteiger partial charge on any atom is -0.314 e. The van der Waals surface area contributed by atoms with Crippen LogP contribution in [0, 0.1) is 11.7 Å². The van der Waals surface area contributed by atoms with Crippen molar-refractivity contribution < 1.29 is 4.39 Å². The highest BCUT2D eigenvalue weighted by molar-refractivity contribution is 6.31. The van der Waals surface area contributed by atoms with Gasteiger partial charge in [-0.3, -0.25) is 4.90 Å². The zero-order valence-corrected chi connectivity index (χ0v) is 12.4. The molecule has 0 amide bonds. The average molecular weight is 285 g/mol. The molecular weight excluding hydrogens is 263 g/mol. The molecule has 0 aromatic heterocycles. The van der Waals surface area contributed by atoms with Crippen molar-refractivity contribution in [1.82, 2.24) is 10.2 Å². The average Bonchev–Trinajstić information content (AvgIpc) is 2.42. The molecule has 1 aliphatic rings. The van der Waals surface area contributed by atoms with Crippen molar-refractivity contribution >= 4 is 11.6 Å². The predicted molar refractivity (Wildman–Crippen MR) is 78.0 cm³/mol. The van der Waals surface area contributed by atoms with Crippen LogP contribution in [0.25, 0.3) is 0 Å². The van der Waals surface area contributed by atoms with E-state index in [0.29, 0.717) is 10.9 Å². The van der Waals surface area contributed by atoms with E-state index < -0.39 is 0 Å². The second-order valence-electron chi connectivity index (χ2n) is 5.28. The molecule has 1 N–H and O–H groups in total. The van der Waals surface area contributed by atoms with Gasteiger partial charge in [0.25, 0.3) is 0 Å². The lowest BCUT2D eigenvalue weighted by Gasteiger charge is -2.38. The van der Waals surface area contributed by atoms with Crippen LogP contribution in [0.4, 0.5) is 4.39 Å². The number of nitrogens with one attached hydrogen (secondary N) is 1. The van der Waals surface area contributed by atoms with Crippen LogP contribution >= 0.6 is 11.6 Å². The van der Waals surface area contributed by atoms with Gasteiger partial charge in [0.05, 0.1) is 0 Å². The van der Waals surface area contributed by atoms with Crippen LogP contribution in [-0.4, -0.2) is 31.1 Å². The number of hydrogen-bond donors (Lipinski definition) is 1. The summed E-state index contributed by atoms with van der Waals surface area (Å²) in [4.78, 5) is 2.46. The van der Waals surface area contributed by atoms with E-state index in [1.165, 1.54) is 12.1 Å². The number of benzene rings is 1. The van der Waals surface area contributed by atoms with E-state index in [-0.39, 0.29) is 11.9 Å². The van der Waals surface area contributed by atoms with Crippen molar-refractivity contribution in [1.29, 1.82) is 0 Å². The SMILES string of the molecule is CCC(C)[C@@H](c1ccc(F)cc1Cl)N1CCNCC1. The zero-order chi connectivity index (χ0) is 13.8. The van der Waals surface area contributed by atoms with E-state index in [0.717, 1.165) is 38.2 Å². The van der Waals surface area contributed by atoms with Crippen LogP contribution in [0.1, 0.15) is 31.9 Å². The van der Waals surface area contributed by atoms with E-state index in [2.05, 4.69) is 24.1 Å². The van der Waals surface area contributed by atoms with E-state index in [9.17, 15) is 4.39 Å². The van der Waals surface area contributed by atoms with Gasteiger partial charge in [0.1, 0.15) is 5.82 Å². The summed E-state index contributed by atoms with van der Waals surface area (Å²) >= 11 is 6.26. The molecule has 1 unspecified atom stereocenters. The van der Waals surface area contributed by atoms with E-state index in [4.69, 9.17) is 11.6 Å². The highest BCUT2D eigenvalue weighted by atomic mass is 35.5. The molecule has 2 nitrogen and oxygen atoms in total. The maximum atomic E-state index is 13.2. The Morgan fingerprint density at radius 1 is 1.37 bits per heavy atom. The molecule has 1 aromatic rings. The minimum absolute atomic E-state index is 0.267. The van der Waals surface area contributed by atoms with Gasteiger partial charge in [0.2, 0.25) is 0 Å². The Hall–Kier alpha value is -0.640. The summed E-state index contributed by atoms with van der Waals surface area (Å²) in [5.74, 6) is 0.234. The van der Waals surface area contributed by atoms with Gasteiger partial charge in [-0.25, -0.2) is 4.39 Å². The lowest BCUT2D eigenvalue weighted by atomic mass is 9.90. The maximum Gasteiger partial charge on any atom is 0.124 e. The number of halogens is 2. The molecule has 19 heavy (non-hydrogen) atoms. The van der Waals surface area contributed by atoms with Gasteiger partial charge in [-0.05, 0) is 23.6 Å². The lowest BCUT2D eigenvalue weighted by Crippen LogP contribution is -2.46. The predicted octanol–water partition coefficient (Wildman–Crippen LogP) is 3.47. The summed E-state index contributed by atoms with van der Waals surface area (Å²) < 4.78 is 13.2. The molecule has 0 spiro atoms. The zero-order valence-electron chi connectivity index (χ0n) is 11.6. The molecule has 4 heteroatoms. The summed E-state index contributed by atoms with van der Waals surface area (Å²) in [5, 5.41) is 3.91. The van der Waals surface area contributed by atoms with Crippen LogP contribution in [0.5, 0.6) is 0 Å². The second-order valence-corrected chi connectivity index (χ2v) is 5.69. The molecule has 2 rings (SSSR count). The Balaban J connectivity index is 2.30. The van der Waals surface area contributed by atoms with Gasteiger partial charge in [-0.1, -0.05) is 37.9 Å². The number of nitrogens with zero attached hydrogens (tertiary/aromatic N) is 1. The summed E-state index contributed by atoms with van der Waals surface area (Å²) in [5.41, 5.74) is 1.05. The molecule has 1 fully saturated rings. The van der Waals surface area contributed by atoms with Crippen molar-refractivity contribution in [3.05, 3.63) is 34.6 Å². The first-order valence-corrected chi connectivity index (χ1v) is 7.41. The second kappa shape index (κ2) is 6.69. The molecule has 0 saturated carbocycles. The summed E-state index contributed by atoms with van der Waals surface area (Å²) in [6.45, 7) is 8.48. The fourth-order valence-electron chi connectivity index (χ4n) is 2.79. The first-order valence-electron chi connectivity index (χ1n) is 7.03. The van der Waals surface area contributed by atoms with Crippen molar-refractivity contribution in [3.63, 3.8) is 0 Å². The molecule has 1 aromatic carbocycles. The first-order chi connectivity index (χ1) is 9.13. The topological polar surface area (TPSA) is 15.3 Å². The number of hydrogen-bond acceptors (Lipinski definition) is 2. The maximum absolute atomic E-state index is 13.2. The van der Waals surface area contributed by atoms with Crippen molar-refractivity contribution in [2.24, 2.45) is 5.92 Å². The van der Waals surface area contributed by atoms with Crippen molar-refractivity contribution in [2.45, 2.75) is 26.3 Å². The largest absolute Gasteiger partial charge is 0.314 e. The Morgan fingerprint density at radius 2 is 2.05 bits per heavy atom. The molecule has 0 aliphatic carbocycles. The third-order valence-electron chi connectivity index (χ3n) is 4.01. The molecule has 1 aliphatic heterocycles. The standard InChI is InChI=1S/C15H22ClFN2/c1-3-11(2)15(19-8-6-18-7-9-19)13-5-4-12(17)10-14(13)16/h4-5,10-11,15,18H,3,6-9H2,1-2H3/t11?,15-/m0/s1. The fraction of sp³-hybridized carbons (Fsp3) is 0.600. The van der Waals surface area contributed by atoms with Gasteiger partial charge in [0, 0.05) is 37.2 Å². The highest BCUT2D eigenvalue weighted by Crippen LogP contribution is 2.35. The van der Waals surface area contributed by atoms with E-state index >= 15 is 0 Å². The van der Waals surface area contributed by atoms with Gasteiger partial charge in [-0.2, -0.15) is 0 Å². The Bertz CT molecular complexity index is 419. The molecule has 0 radical (unpaired) electrons. The molecular formula is C15H22ClFN2. The number of rotatable bonds is 4.